The van der Waals surface area contributed by atoms with Gasteiger partial charge >= 0.3 is 0 Å². The number of aryl methyl sites for hydroxylation is 1. The van der Waals surface area contributed by atoms with Crippen molar-refractivity contribution in [2.75, 3.05) is 6.26 Å². The Kier molecular flexibility index (Phi) is 3.05. The van der Waals surface area contributed by atoms with Crippen LogP contribution in [-0.4, -0.2) is 26.3 Å². The minimum Gasteiger partial charge on any atom is -0.507 e. The second kappa shape index (κ2) is 4.49. The third kappa shape index (κ3) is 2.14. The van der Waals surface area contributed by atoms with Crippen LogP contribution in [0.25, 0.3) is 11.4 Å². The molecule has 0 bridgehead atoms. The maximum atomic E-state index is 9.71. The lowest BCUT2D eigenvalue weighted by atomic mass is 10.2. The summed E-state index contributed by atoms with van der Waals surface area (Å²) in [4.78, 5) is 12.6. The minimum absolute atomic E-state index is 0.181. The van der Waals surface area contributed by atoms with Crippen LogP contribution in [0.4, 0.5) is 0 Å². The molecular formula is C11H11N3OS. The zero-order chi connectivity index (χ0) is 11.5. The Morgan fingerprint density at radius 2 is 1.88 bits per heavy atom. The topological polar surface area (TPSA) is 58.9 Å². The average molecular weight is 233 g/mol. The fourth-order valence-electron chi connectivity index (χ4n) is 1.33. The molecule has 2 aromatic rings. The summed E-state index contributed by atoms with van der Waals surface area (Å²) in [6.07, 6.45) is 1.91. The molecule has 0 aliphatic rings. The fraction of sp³-hybridized carbons (Fsp3) is 0.182. The van der Waals surface area contributed by atoms with Crippen LogP contribution in [0.15, 0.2) is 29.4 Å². The number of nitrogens with zero attached hydrogens (tertiary/aromatic N) is 3. The molecule has 2 rings (SSSR count). The molecule has 0 spiro atoms. The standard InChI is InChI=1S/C11H11N3OS/c1-7-12-10(14-11(13-7)16-2)8-5-3-4-6-9(8)15/h3-6,15H,1-2H3. The molecule has 0 aliphatic carbocycles. The summed E-state index contributed by atoms with van der Waals surface area (Å²) in [7, 11) is 0. The first-order valence-corrected chi connectivity index (χ1v) is 5.98. The van der Waals surface area contributed by atoms with E-state index in [0.29, 0.717) is 22.4 Å². The van der Waals surface area contributed by atoms with E-state index >= 15 is 0 Å². The lowest BCUT2D eigenvalue weighted by Gasteiger charge is -2.04. The van der Waals surface area contributed by atoms with E-state index in [1.54, 1.807) is 18.2 Å². The summed E-state index contributed by atoms with van der Waals surface area (Å²) in [5.41, 5.74) is 0.628. The lowest BCUT2D eigenvalue weighted by molar-refractivity contribution is 0.476. The van der Waals surface area contributed by atoms with Crippen LogP contribution in [-0.2, 0) is 0 Å². The number of aromatic hydroxyl groups is 1. The van der Waals surface area contributed by atoms with Crippen molar-refractivity contribution in [1.29, 1.82) is 0 Å². The molecule has 1 aromatic heterocycles. The van der Waals surface area contributed by atoms with E-state index in [1.807, 2.05) is 19.2 Å². The van der Waals surface area contributed by atoms with Gasteiger partial charge in [-0.3, -0.25) is 0 Å². The van der Waals surface area contributed by atoms with E-state index in [0.717, 1.165) is 0 Å². The Balaban J connectivity index is 2.56. The predicted octanol–water partition coefficient (Wildman–Crippen LogP) is 2.27. The largest absolute Gasteiger partial charge is 0.507 e. The van der Waals surface area contributed by atoms with Gasteiger partial charge in [0.05, 0.1) is 5.56 Å². The molecule has 1 aromatic carbocycles. The van der Waals surface area contributed by atoms with Crippen LogP contribution < -0.4 is 0 Å². The second-order valence-corrected chi connectivity index (χ2v) is 3.98. The van der Waals surface area contributed by atoms with Crippen molar-refractivity contribution in [3.05, 3.63) is 30.1 Å². The van der Waals surface area contributed by atoms with Gasteiger partial charge in [0.1, 0.15) is 11.6 Å². The quantitative estimate of drug-likeness (QED) is 0.806. The summed E-state index contributed by atoms with van der Waals surface area (Å²) < 4.78 is 0. The molecule has 0 atom stereocenters. The third-order valence-corrected chi connectivity index (χ3v) is 2.60. The van der Waals surface area contributed by atoms with E-state index in [-0.39, 0.29) is 5.75 Å². The number of rotatable bonds is 2. The number of thioether (sulfide) groups is 1. The van der Waals surface area contributed by atoms with Crippen molar-refractivity contribution >= 4 is 11.8 Å². The number of phenolic OH excluding ortho intramolecular Hbond substituents is 1. The first-order chi connectivity index (χ1) is 7.70. The van der Waals surface area contributed by atoms with Crippen LogP contribution in [0.2, 0.25) is 0 Å². The molecule has 0 fully saturated rings. The van der Waals surface area contributed by atoms with Gasteiger partial charge < -0.3 is 5.11 Å². The number of phenols is 1. The van der Waals surface area contributed by atoms with Crippen LogP contribution >= 0.6 is 11.8 Å². The van der Waals surface area contributed by atoms with Crippen molar-refractivity contribution in [2.45, 2.75) is 12.1 Å². The van der Waals surface area contributed by atoms with Crippen molar-refractivity contribution in [1.82, 2.24) is 15.0 Å². The number of aromatic nitrogens is 3. The predicted molar refractivity (Wildman–Crippen MR) is 63.4 cm³/mol. The molecule has 0 unspecified atom stereocenters. The molecule has 1 heterocycles. The molecule has 0 saturated carbocycles. The number of hydrogen-bond acceptors (Lipinski definition) is 5. The Hall–Kier alpha value is -1.62. The van der Waals surface area contributed by atoms with Gasteiger partial charge in [0.2, 0.25) is 0 Å². The van der Waals surface area contributed by atoms with E-state index < -0.39 is 0 Å². The summed E-state index contributed by atoms with van der Waals surface area (Å²) >= 11 is 1.45. The van der Waals surface area contributed by atoms with Crippen molar-refractivity contribution in [3.63, 3.8) is 0 Å². The van der Waals surface area contributed by atoms with E-state index in [2.05, 4.69) is 15.0 Å². The van der Waals surface area contributed by atoms with Gasteiger partial charge in [-0.25, -0.2) is 15.0 Å². The molecule has 4 nitrogen and oxygen atoms in total. The SMILES string of the molecule is CSc1nc(C)nc(-c2ccccc2O)n1. The van der Waals surface area contributed by atoms with Crippen LogP contribution in [0.1, 0.15) is 5.82 Å². The van der Waals surface area contributed by atoms with E-state index in [9.17, 15) is 5.11 Å². The molecule has 82 valence electrons. The highest BCUT2D eigenvalue weighted by Crippen LogP contribution is 2.26. The molecule has 16 heavy (non-hydrogen) atoms. The van der Waals surface area contributed by atoms with Gasteiger partial charge in [-0.15, -0.1) is 0 Å². The normalized spacial score (nSPS) is 10.4. The molecule has 0 amide bonds. The van der Waals surface area contributed by atoms with E-state index in [1.165, 1.54) is 11.8 Å². The van der Waals surface area contributed by atoms with Gasteiger partial charge in [-0.1, -0.05) is 23.9 Å². The van der Waals surface area contributed by atoms with Gasteiger partial charge in [-0.05, 0) is 25.3 Å². The zero-order valence-corrected chi connectivity index (χ0v) is 9.82. The number of benzene rings is 1. The Morgan fingerprint density at radius 3 is 2.56 bits per heavy atom. The van der Waals surface area contributed by atoms with Crippen molar-refractivity contribution in [3.8, 4) is 17.1 Å². The van der Waals surface area contributed by atoms with Gasteiger partial charge in [0, 0.05) is 0 Å². The Labute approximate surface area is 97.8 Å². The van der Waals surface area contributed by atoms with Crippen LogP contribution in [0, 0.1) is 6.92 Å². The van der Waals surface area contributed by atoms with Gasteiger partial charge in [0.15, 0.2) is 11.0 Å². The monoisotopic (exact) mass is 233 g/mol. The summed E-state index contributed by atoms with van der Waals surface area (Å²) in [6.45, 7) is 1.81. The summed E-state index contributed by atoms with van der Waals surface area (Å²) in [5.74, 6) is 1.34. The smallest absolute Gasteiger partial charge is 0.191 e. The fourth-order valence-corrected chi connectivity index (χ4v) is 1.73. The Bertz CT molecular complexity index is 516. The number of para-hydroxylation sites is 1. The van der Waals surface area contributed by atoms with Crippen molar-refractivity contribution in [2.24, 2.45) is 0 Å². The average Bonchev–Trinajstić information content (AvgIpc) is 2.28. The van der Waals surface area contributed by atoms with Gasteiger partial charge in [-0.2, -0.15) is 0 Å². The lowest BCUT2D eigenvalue weighted by Crippen LogP contribution is -1.98. The Morgan fingerprint density at radius 1 is 1.12 bits per heavy atom. The number of hydrogen-bond donors (Lipinski definition) is 1. The first kappa shape index (κ1) is 10.9. The first-order valence-electron chi connectivity index (χ1n) is 4.75. The van der Waals surface area contributed by atoms with E-state index in [4.69, 9.17) is 0 Å². The molecular weight excluding hydrogens is 222 g/mol. The minimum atomic E-state index is 0.181. The second-order valence-electron chi connectivity index (χ2n) is 3.21. The molecule has 0 aliphatic heterocycles. The maximum absolute atomic E-state index is 9.71. The van der Waals surface area contributed by atoms with Crippen LogP contribution in [0.3, 0.4) is 0 Å². The molecule has 1 N–H and O–H groups in total. The summed E-state index contributed by atoms with van der Waals surface area (Å²) in [5, 5.41) is 10.4. The highest BCUT2D eigenvalue weighted by molar-refractivity contribution is 7.98. The zero-order valence-electron chi connectivity index (χ0n) is 9.01. The third-order valence-electron chi connectivity index (χ3n) is 2.05. The summed E-state index contributed by atoms with van der Waals surface area (Å²) in [6, 6.07) is 7.01. The maximum Gasteiger partial charge on any atom is 0.191 e. The highest BCUT2D eigenvalue weighted by atomic mass is 32.2. The van der Waals surface area contributed by atoms with Crippen LogP contribution in [0.5, 0.6) is 5.75 Å². The van der Waals surface area contributed by atoms with Gasteiger partial charge in [0.25, 0.3) is 0 Å². The molecule has 5 heteroatoms. The molecule has 0 radical (unpaired) electrons. The highest BCUT2D eigenvalue weighted by Gasteiger charge is 2.09. The molecule has 0 saturated heterocycles. The van der Waals surface area contributed by atoms with Crippen molar-refractivity contribution < 1.29 is 5.11 Å².